The minimum Gasteiger partial charge on any atom is -0.455 e. The van der Waals surface area contributed by atoms with E-state index in [-0.39, 0.29) is 18.9 Å². The van der Waals surface area contributed by atoms with E-state index >= 15 is 0 Å². The topological polar surface area (TPSA) is 46.6 Å². The number of benzene rings is 3. The van der Waals surface area contributed by atoms with Gasteiger partial charge < -0.3 is 9.64 Å². The van der Waals surface area contributed by atoms with Gasteiger partial charge in [0.25, 0.3) is 5.91 Å². The van der Waals surface area contributed by atoms with E-state index in [9.17, 15) is 9.59 Å². The molecule has 0 aliphatic carbocycles. The number of hydrogen-bond donors (Lipinski definition) is 0. The minimum atomic E-state index is -0.400. The van der Waals surface area contributed by atoms with Gasteiger partial charge in [-0.25, -0.2) is 0 Å². The van der Waals surface area contributed by atoms with Crippen LogP contribution in [0.4, 0.5) is 0 Å². The Kier molecular flexibility index (Phi) is 5.87. The quantitative estimate of drug-likeness (QED) is 0.626. The maximum absolute atomic E-state index is 12.2. The van der Waals surface area contributed by atoms with Gasteiger partial charge in [-0.3, -0.25) is 9.59 Å². The van der Waals surface area contributed by atoms with Crippen LogP contribution in [0.15, 0.2) is 66.7 Å². The summed E-state index contributed by atoms with van der Waals surface area (Å²) in [5.74, 6) is -0.620. The first-order valence-corrected chi connectivity index (χ1v) is 8.95. The molecular formula is C23H23NO3. The molecule has 0 heterocycles. The minimum absolute atomic E-state index is 0.149. The summed E-state index contributed by atoms with van der Waals surface area (Å²) in [6, 6.07) is 21.8. The largest absolute Gasteiger partial charge is 0.455 e. The second-order valence-corrected chi connectivity index (χ2v) is 6.71. The second-order valence-electron chi connectivity index (χ2n) is 6.71. The van der Waals surface area contributed by atoms with Gasteiger partial charge in [0, 0.05) is 13.6 Å². The average Bonchev–Trinajstić information content (AvgIpc) is 2.68. The van der Waals surface area contributed by atoms with Crippen molar-refractivity contribution in [3.8, 4) is 0 Å². The van der Waals surface area contributed by atoms with Crippen LogP contribution in [0.5, 0.6) is 0 Å². The first-order valence-electron chi connectivity index (χ1n) is 8.95. The number of carbonyl (C=O) groups is 2. The number of rotatable bonds is 6. The monoisotopic (exact) mass is 361 g/mol. The molecule has 3 aromatic rings. The number of fused-ring (bicyclic) bond motifs is 1. The summed E-state index contributed by atoms with van der Waals surface area (Å²) in [6.07, 6.45) is 0.149. The third-order valence-corrected chi connectivity index (χ3v) is 4.54. The van der Waals surface area contributed by atoms with E-state index in [2.05, 4.69) is 0 Å². The van der Waals surface area contributed by atoms with Gasteiger partial charge in [0.05, 0.1) is 6.42 Å². The van der Waals surface area contributed by atoms with Crippen molar-refractivity contribution in [2.45, 2.75) is 19.9 Å². The van der Waals surface area contributed by atoms with Gasteiger partial charge in [-0.2, -0.15) is 0 Å². The van der Waals surface area contributed by atoms with Crippen LogP contribution in [0, 0.1) is 6.92 Å². The summed E-state index contributed by atoms with van der Waals surface area (Å²) in [5.41, 5.74) is 3.12. The van der Waals surface area contributed by atoms with Gasteiger partial charge in [-0.05, 0) is 28.8 Å². The van der Waals surface area contributed by atoms with Crippen molar-refractivity contribution in [3.05, 3.63) is 83.4 Å². The molecule has 0 radical (unpaired) electrons. The number of likely N-dealkylation sites (N-methyl/N-ethyl adjacent to an activating group) is 1. The van der Waals surface area contributed by atoms with Crippen molar-refractivity contribution in [2.24, 2.45) is 0 Å². The van der Waals surface area contributed by atoms with E-state index in [4.69, 9.17) is 4.74 Å². The Bertz CT molecular complexity index is 942. The molecule has 0 saturated heterocycles. The van der Waals surface area contributed by atoms with Crippen LogP contribution in [0.25, 0.3) is 10.8 Å². The van der Waals surface area contributed by atoms with Gasteiger partial charge in [0.15, 0.2) is 6.61 Å². The van der Waals surface area contributed by atoms with Crippen LogP contribution in [-0.2, 0) is 27.3 Å². The molecule has 0 fully saturated rings. The molecule has 1 amide bonds. The van der Waals surface area contributed by atoms with E-state index in [1.807, 2.05) is 73.7 Å². The molecule has 0 aliphatic rings. The number of carbonyl (C=O) groups excluding carboxylic acids is 2. The van der Waals surface area contributed by atoms with Crippen LogP contribution >= 0.6 is 0 Å². The summed E-state index contributed by atoms with van der Waals surface area (Å²) in [7, 11) is 1.71. The average molecular weight is 361 g/mol. The van der Waals surface area contributed by atoms with E-state index in [0.29, 0.717) is 6.54 Å². The first kappa shape index (κ1) is 18.6. The number of aryl methyl sites for hydroxylation is 1. The zero-order valence-corrected chi connectivity index (χ0v) is 15.6. The smallest absolute Gasteiger partial charge is 0.310 e. The predicted molar refractivity (Wildman–Crippen MR) is 106 cm³/mol. The first-order chi connectivity index (χ1) is 13.0. The molecule has 0 bridgehead atoms. The van der Waals surface area contributed by atoms with Gasteiger partial charge in [0.2, 0.25) is 0 Å². The Morgan fingerprint density at radius 1 is 0.926 bits per heavy atom. The normalized spacial score (nSPS) is 10.6. The van der Waals surface area contributed by atoms with Crippen molar-refractivity contribution in [3.63, 3.8) is 0 Å². The lowest BCUT2D eigenvalue weighted by Gasteiger charge is -2.17. The molecule has 0 aliphatic heterocycles. The van der Waals surface area contributed by atoms with Crippen molar-refractivity contribution in [2.75, 3.05) is 13.7 Å². The summed E-state index contributed by atoms with van der Waals surface area (Å²) in [6.45, 7) is 2.26. The summed E-state index contributed by atoms with van der Waals surface area (Å²) in [5, 5.41) is 2.11. The standard InChI is InChI=1S/C23H23NO3/c1-17-10-12-18(13-11-17)15-24(2)22(25)16-27-23(26)14-20-8-5-7-19-6-3-4-9-21(19)20/h3-13H,14-16H2,1-2H3. The zero-order valence-electron chi connectivity index (χ0n) is 15.6. The fourth-order valence-electron chi connectivity index (χ4n) is 2.96. The van der Waals surface area contributed by atoms with Crippen molar-refractivity contribution < 1.29 is 14.3 Å². The molecule has 0 spiro atoms. The molecular weight excluding hydrogens is 338 g/mol. The maximum Gasteiger partial charge on any atom is 0.310 e. The molecule has 0 N–H and O–H groups in total. The van der Waals surface area contributed by atoms with Crippen molar-refractivity contribution in [1.29, 1.82) is 0 Å². The lowest BCUT2D eigenvalue weighted by Crippen LogP contribution is -2.31. The third kappa shape index (κ3) is 4.94. The highest BCUT2D eigenvalue weighted by atomic mass is 16.5. The highest BCUT2D eigenvalue weighted by molar-refractivity contribution is 5.89. The number of esters is 1. The Morgan fingerprint density at radius 3 is 2.41 bits per heavy atom. The Balaban J connectivity index is 1.53. The molecule has 0 saturated carbocycles. The Hall–Kier alpha value is -3.14. The molecule has 4 nitrogen and oxygen atoms in total. The lowest BCUT2D eigenvalue weighted by molar-refractivity contribution is -0.151. The maximum atomic E-state index is 12.2. The summed E-state index contributed by atoms with van der Waals surface area (Å²) in [4.78, 5) is 26.0. The SMILES string of the molecule is Cc1ccc(CN(C)C(=O)COC(=O)Cc2cccc3ccccc23)cc1. The molecule has 0 atom stereocenters. The zero-order chi connectivity index (χ0) is 19.2. The van der Waals surface area contributed by atoms with Crippen LogP contribution in [-0.4, -0.2) is 30.4 Å². The van der Waals surface area contributed by atoms with E-state index in [1.54, 1.807) is 11.9 Å². The highest BCUT2D eigenvalue weighted by Crippen LogP contribution is 2.19. The molecule has 3 rings (SSSR count). The predicted octanol–water partition coefficient (Wildman–Crippen LogP) is 3.89. The number of ether oxygens (including phenoxy) is 1. The van der Waals surface area contributed by atoms with Crippen LogP contribution < -0.4 is 0 Å². The fraction of sp³-hybridized carbons (Fsp3) is 0.217. The molecule has 138 valence electrons. The van der Waals surface area contributed by atoms with Gasteiger partial charge in [0.1, 0.15) is 0 Å². The second kappa shape index (κ2) is 8.49. The van der Waals surface area contributed by atoms with Crippen LogP contribution in [0.2, 0.25) is 0 Å². The fourth-order valence-corrected chi connectivity index (χ4v) is 2.96. The van der Waals surface area contributed by atoms with E-state index in [0.717, 1.165) is 21.9 Å². The lowest BCUT2D eigenvalue weighted by atomic mass is 10.0. The van der Waals surface area contributed by atoms with Crippen molar-refractivity contribution >= 4 is 22.6 Å². The third-order valence-electron chi connectivity index (χ3n) is 4.54. The Labute approximate surface area is 159 Å². The molecule has 0 aromatic heterocycles. The van der Waals surface area contributed by atoms with Crippen molar-refractivity contribution in [1.82, 2.24) is 4.90 Å². The van der Waals surface area contributed by atoms with Crippen LogP contribution in [0.1, 0.15) is 16.7 Å². The van der Waals surface area contributed by atoms with Gasteiger partial charge in [-0.15, -0.1) is 0 Å². The van der Waals surface area contributed by atoms with Crippen LogP contribution in [0.3, 0.4) is 0 Å². The number of hydrogen-bond acceptors (Lipinski definition) is 3. The Morgan fingerprint density at radius 2 is 1.63 bits per heavy atom. The summed E-state index contributed by atoms with van der Waals surface area (Å²) < 4.78 is 5.20. The van der Waals surface area contributed by atoms with E-state index in [1.165, 1.54) is 5.56 Å². The van der Waals surface area contributed by atoms with Gasteiger partial charge in [-0.1, -0.05) is 72.3 Å². The van der Waals surface area contributed by atoms with E-state index < -0.39 is 5.97 Å². The summed E-state index contributed by atoms with van der Waals surface area (Å²) >= 11 is 0. The molecule has 4 heteroatoms. The molecule has 3 aromatic carbocycles. The van der Waals surface area contributed by atoms with Gasteiger partial charge >= 0.3 is 5.97 Å². The molecule has 0 unspecified atom stereocenters. The number of amides is 1. The molecule has 27 heavy (non-hydrogen) atoms. The number of nitrogens with zero attached hydrogens (tertiary/aromatic N) is 1. The highest BCUT2D eigenvalue weighted by Gasteiger charge is 2.14.